The topological polar surface area (TPSA) is 26.3 Å². The Kier molecular flexibility index (Phi) is 10.9. The summed E-state index contributed by atoms with van der Waals surface area (Å²) in [5, 5.41) is 0. The van der Waals surface area contributed by atoms with E-state index in [0.29, 0.717) is 35.2 Å². The third-order valence-electron chi connectivity index (χ3n) is 4.78. The molecule has 150 valence electrons. The minimum Gasteiger partial charge on any atom is -0.465 e. The van der Waals surface area contributed by atoms with Gasteiger partial charge in [0.15, 0.2) is 0 Å². The Morgan fingerprint density at radius 1 is 0.960 bits per heavy atom. The fraction of sp³-hybridized carbons (Fsp3) is 0.955. The molecule has 0 aliphatic rings. The van der Waals surface area contributed by atoms with Crippen LogP contribution in [-0.4, -0.2) is 17.4 Å². The Hall–Kier alpha value is -0.0500. The van der Waals surface area contributed by atoms with Crippen LogP contribution in [0.4, 0.5) is 0 Å². The predicted molar refractivity (Wildman–Crippen MR) is 113 cm³/mol. The zero-order chi connectivity index (χ0) is 19.8. The van der Waals surface area contributed by atoms with Crippen molar-refractivity contribution in [2.45, 2.75) is 99.2 Å². The Morgan fingerprint density at radius 3 is 1.92 bits per heavy atom. The lowest BCUT2D eigenvalue weighted by molar-refractivity contribution is -0.145. The summed E-state index contributed by atoms with van der Waals surface area (Å²) in [6.45, 7) is 21.0. The van der Waals surface area contributed by atoms with E-state index < -0.39 is 0 Å². The maximum absolute atomic E-state index is 12.0. The Labute approximate surface area is 166 Å². The van der Waals surface area contributed by atoms with Crippen LogP contribution in [0, 0.1) is 28.6 Å². The van der Waals surface area contributed by atoms with Gasteiger partial charge in [0.05, 0.1) is 6.61 Å². The molecule has 0 N–H and O–H groups in total. The summed E-state index contributed by atoms with van der Waals surface area (Å²) in [4.78, 5) is 11.9. The van der Waals surface area contributed by atoms with Gasteiger partial charge >= 0.3 is 5.97 Å². The van der Waals surface area contributed by atoms with Crippen molar-refractivity contribution in [2.24, 2.45) is 28.6 Å². The van der Waals surface area contributed by atoms with E-state index in [4.69, 9.17) is 4.74 Å². The van der Waals surface area contributed by atoms with Gasteiger partial charge in [-0.15, -0.1) is 0 Å². The lowest BCUT2D eigenvalue weighted by Gasteiger charge is -2.31. The maximum Gasteiger partial charge on any atom is 0.319 e. The molecule has 2 nitrogen and oxygen atoms in total. The van der Waals surface area contributed by atoms with Crippen molar-refractivity contribution in [3.05, 3.63) is 0 Å². The molecule has 0 saturated carbocycles. The minimum absolute atomic E-state index is 0.113. The summed E-state index contributed by atoms with van der Waals surface area (Å²) < 4.78 is 5.64. The minimum atomic E-state index is -0.175. The molecule has 0 amide bonds. The van der Waals surface area contributed by atoms with E-state index in [1.54, 1.807) is 0 Å². The lowest BCUT2D eigenvalue weighted by Crippen LogP contribution is -2.27. The molecule has 0 spiro atoms. The van der Waals surface area contributed by atoms with Gasteiger partial charge in [-0.1, -0.05) is 84.7 Å². The monoisotopic (exact) mass is 418 g/mol. The van der Waals surface area contributed by atoms with Gasteiger partial charge in [0.25, 0.3) is 0 Å². The number of alkyl halides is 1. The largest absolute Gasteiger partial charge is 0.465 e. The fourth-order valence-corrected chi connectivity index (χ4v) is 3.89. The molecule has 0 rings (SSSR count). The van der Waals surface area contributed by atoms with E-state index in [1.807, 2.05) is 6.92 Å². The summed E-state index contributed by atoms with van der Waals surface area (Å²) in [5.41, 5.74) is 0.683. The molecule has 0 fully saturated rings. The van der Waals surface area contributed by atoms with E-state index in [9.17, 15) is 4.79 Å². The van der Waals surface area contributed by atoms with Gasteiger partial charge in [-0.25, -0.2) is 0 Å². The maximum atomic E-state index is 12.0. The normalized spacial score (nSPS) is 17.7. The third kappa shape index (κ3) is 12.9. The number of ether oxygens (including phenoxy) is 1. The van der Waals surface area contributed by atoms with Crippen LogP contribution in [0.1, 0.15) is 94.4 Å². The van der Waals surface area contributed by atoms with Crippen molar-refractivity contribution in [1.82, 2.24) is 0 Å². The van der Waals surface area contributed by atoms with Crippen LogP contribution in [0.3, 0.4) is 0 Å². The Bertz CT molecular complexity index is 378. The molecule has 0 heterocycles. The first-order valence-electron chi connectivity index (χ1n) is 10.1. The van der Waals surface area contributed by atoms with Crippen LogP contribution in [0.2, 0.25) is 0 Å². The van der Waals surface area contributed by atoms with Gasteiger partial charge in [-0.2, -0.15) is 0 Å². The Balaban J connectivity index is 4.75. The second-order valence-electron chi connectivity index (χ2n) is 10.5. The summed E-state index contributed by atoms with van der Waals surface area (Å²) >= 11 is 3.40. The molecule has 0 bridgehead atoms. The zero-order valence-corrected chi connectivity index (χ0v) is 19.8. The van der Waals surface area contributed by atoms with Gasteiger partial charge in [0.1, 0.15) is 4.83 Å². The first kappa shape index (κ1) is 24.9. The number of rotatable bonds is 10. The van der Waals surface area contributed by atoms with Gasteiger partial charge in [-0.05, 0) is 54.3 Å². The highest BCUT2D eigenvalue weighted by molar-refractivity contribution is 9.10. The first-order valence-corrected chi connectivity index (χ1v) is 11.0. The molecule has 4 unspecified atom stereocenters. The van der Waals surface area contributed by atoms with E-state index in [0.717, 1.165) is 19.3 Å². The summed E-state index contributed by atoms with van der Waals surface area (Å²) in [6.07, 6.45) is 5.52. The molecule has 0 saturated heterocycles. The van der Waals surface area contributed by atoms with Crippen LogP contribution in [0.25, 0.3) is 0 Å². The van der Waals surface area contributed by atoms with E-state index in [2.05, 4.69) is 71.3 Å². The fourth-order valence-electron chi connectivity index (χ4n) is 3.76. The van der Waals surface area contributed by atoms with Crippen LogP contribution in [0.15, 0.2) is 0 Å². The molecule has 0 radical (unpaired) electrons. The quantitative estimate of drug-likeness (QED) is 0.275. The average Bonchev–Trinajstić information content (AvgIpc) is 2.42. The highest BCUT2D eigenvalue weighted by Crippen LogP contribution is 2.33. The van der Waals surface area contributed by atoms with Gasteiger partial charge < -0.3 is 4.74 Å². The summed E-state index contributed by atoms with van der Waals surface area (Å²) in [6, 6.07) is 0. The SMILES string of the molecule is CCC(Br)C(=O)OCC(CCC(C)CC(C)(C)C)C(C)CC(C)(C)C. The highest BCUT2D eigenvalue weighted by Gasteiger charge is 2.26. The van der Waals surface area contributed by atoms with Crippen LogP contribution in [-0.2, 0) is 9.53 Å². The number of halogens is 1. The van der Waals surface area contributed by atoms with Crippen molar-refractivity contribution >= 4 is 21.9 Å². The van der Waals surface area contributed by atoms with Gasteiger partial charge in [-0.3, -0.25) is 4.79 Å². The van der Waals surface area contributed by atoms with Gasteiger partial charge in [0.2, 0.25) is 0 Å². The molecule has 25 heavy (non-hydrogen) atoms. The first-order chi connectivity index (χ1) is 11.2. The van der Waals surface area contributed by atoms with Crippen LogP contribution >= 0.6 is 15.9 Å². The molecule has 0 aromatic carbocycles. The second kappa shape index (κ2) is 10.9. The zero-order valence-electron chi connectivity index (χ0n) is 18.2. The summed E-state index contributed by atoms with van der Waals surface area (Å²) in [7, 11) is 0. The smallest absolute Gasteiger partial charge is 0.319 e. The van der Waals surface area contributed by atoms with Gasteiger partial charge in [0, 0.05) is 0 Å². The highest BCUT2D eigenvalue weighted by atomic mass is 79.9. The average molecular weight is 419 g/mol. The second-order valence-corrected chi connectivity index (χ2v) is 11.6. The van der Waals surface area contributed by atoms with Crippen LogP contribution in [0.5, 0.6) is 0 Å². The van der Waals surface area contributed by atoms with Crippen molar-refractivity contribution in [1.29, 1.82) is 0 Å². The van der Waals surface area contributed by atoms with E-state index >= 15 is 0 Å². The summed E-state index contributed by atoms with van der Waals surface area (Å²) in [5.74, 6) is 1.60. The third-order valence-corrected chi connectivity index (χ3v) is 5.81. The molecule has 0 aromatic heterocycles. The number of hydrogen-bond donors (Lipinski definition) is 0. The standard InChI is InChI=1S/C22H43BrO2/c1-10-19(23)20(24)25-15-18(17(3)14-22(7,8)9)12-11-16(2)13-21(4,5)6/h16-19H,10-15H2,1-9H3. The molecule has 0 aromatic rings. The van der Waals surface area contributed by atoms with Crippen molar-refractivity contribution < 1.29 is 9.53 Å². The molecule has 0 aliphatic carbocycles. The molecule has 0 aliphatic heterocycles. The molecule has 4 atom stereocenters. The van der Waals surface area contributed by atoms with Crippen molar-refractivity contribution in [3.8, 4) is 0 Å². The molecule has 3 heteroatoms. The van der Waals surface area contributed by atoms with Crippen molar-refractivity contribution in [2.75, 3.05) is 6.61 Å². The lowest BCUT2D eigenvalue weighted by atomic mass is 9.76. The van der Waals surface area contributed by atoms with Crippen LogP contribution < -0.4 is 0 Å². The number of esters is 1. The number of hydrogen-bond acceptors (Lipinski definition) is 2. The van der Waals surface area contributed by atoms with E-state index in [1.165, 1.54) is 12.8 Å². The predicted octanol–water partition coefficient (Wildman–Crippen LogP) is 7.24. The van der Waals surface area contributed by atoms with E-state index in [-0.39, 0.29) is 10.8 Å². The Morgan fingerprint density at radius 2 is 1.48 bits per heavy atom. The number of carbonyl (C=O) groups is 1. The molecular weight excluding hydrogens is 376 g/mol. The number of carbonyl (C=O) groups excluding carboxylic acids is 1. The van der Waals surface area contributed by atoms with Crippen molar-refractivity contribution in [3.63, 3.8) is 0 Å². The molecular formula is C22H43BrO2.